The quantitative estimate of drug-likeness (QED) is 0.598. The summed E-state index contributed by atoms with van der Waals surface area (Å²) in [5.74, 6) is -0.391. The number of nitrogens with one attached hydrogen (secondary N) is 1. The highest BCUT2D eigenvalue weighted by Gasteiger charge is 2.27. The van der Waals surface area contributed by atoms with E-state index in [1.165, 1.54) is 10.5 Å². The largest absolute Gasteiger partial charge is 0.325 e. The normalized spacial score (nSPS) is 13.3. The summed E-state index contributed by atoms with van der Waals surface area (Å²) >= 11 is 0. The Labute approximate surface area is 188 Å². The molecule has 1 aliphatic heterocycles. The van der Waals surface area contributed by atoms with Crippen LogP contribution in [0.2, 0.25) is 0 Å². The van der Waals surface area contributed by atoms with E-state index in [2.05, 4.69) is 18.3 Å². The van der Waals surface area contributed by atoms with E-state index in [9.17, 15) is 9.59 Å². The highest BCUT2D eigenvalue weighted by molar-refractivity contribution is 6.19. The van der Waals surface area contributed by atoms with E-state index >= 15 is 0 Å². The van der Waals surface area contributed by atoms with Gasteiger partial charge in [0.15, 0.2) is 0 Å². The van der Waals surface area contributed by atoms with Crippen molar-refractivity contribution in [3.63, 3.8) is 0 Å². The lowest BCUT2D eigenvalue weighted by Gasteiger charge is -2.22. The number of amides is 2. The number of aliphatic imine (C=N–C) groups is 1. The lowest BCUT2D eigenvalue weighted by atomic mass is 9.99. The van der Waals surface area contributed by atoms with Crippen molar-refractivity contribution >= 4 is 34.6 Å². The number of aryl methyl sites for hydroxylation is 3. The van der Waals surface area contributed by atoms with Crippen molar-refractivity contribution in [3.05, 3.63) is 89.0 Å². The number of rotatable bonds is 5. The molecule has 0 aromatic heterocycles. The monoisotopic (exact) mass is 425 g/mol. The van der Waals surface area contributed by atoms with Gasteiger partial charge in [0.25, 0.3) is 0 Å². The molecule has 1 heterocycles. The van der Waals surface area contributed by atoms with Crippen LogP contribution in [0.5, 0.6) is 0 Å². The Morgan fingerprint density at radius 2 is 1.78 bits per heavy atom. The van der Waals surface area contributed by atoms with Gasteiger partial charge < -0.3 is 10.2 Å². The minimum Gasteiger partial charge on any atom is -0.325 e. The maximum atomic E-state index is 13.3. The Morgan fingerprint density at radius 3 is 2.50 bits per heavy atom. The molecule has 0 atom stereocenters. The van der Waals surface area contributed by atoms with E-state index in [1.807, 2.05) is 74.5 Å². The maximum Gasteiger partial charge on any atom is 0.244 e. The molecule has 162 valence electrons. The van der Waals surface area contributed by atoms with Gasteiger partial charge in [-0.1, -0.05) is 55.0 Å². The van der Waals surface area contributed by atoms with Crippen LogP contribution in [0, 0.1) is 13.8 Å². The van der Waals surface area contributed by atoms with Crippen molar-refractivity contribution in [1.82, 2.24) is 0 Å². The number of nitrogens with zero attached hydrogens (tertiary/aromatic N) is 2. The molecule has 0 unspecified atom stereocenters. The SMILES string of the molecule is CCc1ccc(NC(=O)CN2C(=O)CC(c3ccc(C)cc3C)=Nc3ccccc32)cc1. The second-order valence-electron chi connectivity index (χ2n) is 8.12. The molecule has 0 saturated carbocycles. The van der Waals surface area contributed by atoms with E-state index in [1.54, 1.807) is 0 Å². The molecule has 5 heteroatoms. The molecule has 0 fully saturated rings. The molecule has 3 aromatic rings. The van der Waals surface area contributed by atoms with Gasteiger partial charge in [-0.2, -0.15) is 0 Å². The van der Waals surface area contributed by atoms with Gasteiger partial charge in [0.1, 0.15) is 6.54 Å². The van der Waals surface area contributed by atoms with Crippen LogP contribution in [0.1, 0.15) is 35.6 Å². The van der Waals surface area contributed by atoms with E-state index in [-0.39, 0.29) is 24.8 Å². The number of carbonyl (C=O) groups excluding carboxylic acids is 2. The number of fused-ring (bicyclic) bond motifs is 1. The van der Waals surface area contributed by atoms with E-state index < -0.39 is 0 Å². The smallest absolute Gasteiger partial charge is 0.244 e. The van der Waals surface area contributed by atoms with Crippen molar-refractivity contribution in [1.29, 1.82) is 0 Å². The van der Waals surface area contributed by atoms with Gasteiger partial charge in [-0.3, -0.25) is 14.6 Å². The zero-order chi connectivity index (χ0) is 22.7. The van der Waals surface area contributed by atoms with Crippen molar-refractivity contribution in [2.75, 3.05) is 16.8 Å². The predicted molar refractivity (Wildman–Crippen MR) is 130 cm³/mol. The standard InChI is InChI=1S/C27H27N3O2/c1-4-20-10-12-21(13-11-20)28-26(31)17-30-25-8-6-5-7-23(25)29-24(16-27(30)32)22-14-9-18(2)15-19(22)3/h5-15H,4,16-17H2,1-3H3,(H,28,31). The molecule has 0 spiro atoms. The summed E-state index contributed by atoms with van der Waals surface area (Å²) in [7, 11) is 0. The summed E-state index contributed by atoms with van der Waals surface area (Å²) < 4.78 is 0. The van der Waals surface area contributed by atoms with E-state index in [0.29, 0.717) is 11.4 Å². The third-order valence-corrected chi connectivity index (χ3v) is 5.69. The Balaban J connectivity index is 1.60. The Morgan fingerprint density at radius 1 is 1.03 bits per heavy atom. The summed E-state index contributed by atoms with van der Waals surface area (Å²) in [6.07, 6.45) is 1.08. The second-order valence-corrected chi connectivity index (χ2v) is 8.12. The number of anilines is 2. The second kappa shape index (κ2) is 9.18. The van der Waals surface area contributed by atoms with Crippen molar-refractivity contribution in [2.24, 2.45) is 4.99 Å². The third kappa shape index (κ3) is 4.62. The fourth-order valence-corrected chi connectivity index (χ4v) is 3.98. The van der Waals surface area contributed by atoms with Gasteiger partial charge in [-0.05, 0) is 61.2 Å². The summed E-state index contributed by atoms with van der Waals surface area (Å²) in [5, 5.41) is 2.90. The topological polar surface area (TPSA) is 61.8 Å². The fourth-order valence-electron chi connectivity index (χ4n) is 3.98. The van der Waals surface area contributed by atoms with Gasteiger partial charge in [0, 0.05) is 5.69 Å². The van der Waals surface area contributed by atoms with Crippen molar-refractivity contribution in [3.8, 4) is 0 Å². The molecule has 32 heavy (non-hydrogen) atoms. The molecule has 0 radical (unpaired) electrons. The zero-order valence-corrected chi connectivity index (χ0v) is 18.7. The highest BCUT2D eigenvalue weighted by Crippen LogP contribution is 2.33. The number of benzene rings is 3. The summed E-state index contributed by atoms with van der Waals surface area (Å²) in [6, 6.07) is 21.4. The Bertz CT molecular complexity index is 1200. The van der Waals surface area contributed by atoms with Gasteiger partial charge in [-0.15, -0.1) is 0 Å². The first-order valence-corrected chi connectivity index (χ1v) is 10.9. The number of para-hydroxylation sites is 2. The summed E-state index contributed by atoms with van der Waals surface area (Å²) in [4.78, 5) is 32.4. The molecule has 3 aromatic carbocycles. The first kappa shape index (κ1) is 21.5. The Hall–Kier alpha value is -3.73. The lowest BCUT2D eigenvalue weighted by Crippen LogP contribution is -2.38. The van der Waals surface area contributed by atoms with Crippen molar-refractivity contribution in [2.45, 2.75) is 33.6 Å². The summed E-state index contributed by atoms with van der Waals surface area (Å²) in [6.45, 7) is 6.09. The van der Waals surface area contributed by atoms with E-state index in [0.717, 1.165) is 34.5 Å². The van der Waals surface area contributed by atoms with Crippen LogP contribution in [-0.2, 0) is 16.0 Å². The van der Waals surface area contributed by atoms with Gasteiger partial charge in [0.05, 0.1) is 23.5 Å². The number of hydrogen-bond donors (Lipinski definition) is 1. The Kier molecular flexibility index (Phi) is 6.17. The molecule has 5 nitrogen and oxygen atoms in total. The highest BCUT2D eigenvalue weighted by atomic mass is 16.2. The minimum atomic E-state index is -0.243. The van der Waals surface area contributed by atoms with Crippen LogP contribution >= 0.6 is 0 Å². The van der Waals surface area contributed by atoms with Gasteiger partial charge in [0.2, 0.25) is 11.8 Å². The van der Waals surface area contributed by atoms with Crippen molar-refractivity contribution < 1.29 is 9.59 Å². The van der Waals surface area contributed by atoms with Gasteiger partial charge in [-0.25, -0.2) is 0 Å². The number of carbonyl (C=O) groups is 2. The first-order chi connectivity index (χ1) is 15.4. The lowest BCUT2D eigenvalue weighted by molar-refractivity contribution is -0.120. The third-order valence-electron chi connectivity index (χ3n) is 5.69. The van der Waals surface area contributed by atoms with Crippen LogP contribution in [0.25, 0.3) is 0 Å². The van der Waals surface area contributed by atoms with Crippen LogP contribution < -0.4 is 10.2 Å². The van der Waals surface area contributed by atoms with Crippen LogP contribution in [0.4, 0.5) is 17.1 Å². The average molecular weight is 426 g/mol. The number of hydrogen-bond acceptors (Lipinski definition) is 3. The molecular weight excluding hydrogens is 398 g/mol. The van der Waals surface area contributed by atoms with Crippen LogP contribution in [0.3, 0.4) is 0 Å². The molecule has 0 aliphatic carbocycles. The molecular formula is C27H27N3O2. The predicted octanol–water partition coefficient (Wildman–Crippen LogP) is 5.36. The van der Waals surface area contributed by atoms with E-state index in [4.69, 9.17) is 4.99 Å². The molecule has 0 saturated heterocycles. The minimum absolute atomic E-state index is 0.0684. The molecule has 2 amide bonds. The molecule has 4 rings (SSSR count). The summed E-state index contributed by atoms with van der Waals surface area (Å²) in [5.41, 5.74) is 7.18. The first-order valence-electron chi connectivity index (χ1n) is 10.9. The average Bonchev–Trinajstić information content (AvgIpc) is 2.91. The maximum absolute atomic E-state index is 13.3. The molecule has 1 N–H and O–H groups in total. The van der Waals surface area contributed by atoms with Crippen LogP contribution in [-0.4, -0.2) is 24.1 Å². The zero-order valence-electron chi connectivity index (χ0n) is 18.7. The van der Waals surface area contributed by atoms with Gasteiger partial charge >= 0.3 is 0 Å². The van der Waals surface area contributed by atoms with Crippen LogP contribution in [0.15, 0.2) is 71.7 Å². The molecule has 1 aliphatic rings. The molecule has 0 bridgehead atoms. The fraction of sp³-hybridized carbons (Fsp3) is 0.222.